The molecule has 10 rings (SSSR count). The minimum atomic E-state index is 0.944. The zero-order valence-electron chi connectivity index (χ0n) is 22.5. The molecule has 0 atom stereocenters. The van der Waals surface area contributed by atoms with Crippen LogP contribution in [0.1, 0.15) is 0 Å². The van der Waals surface area contributed by atoms with Crippen molar-refractivity contribution in [3.05, 3.63) is 133 Å². The topological polar surface area (TPSA) is 13.1 Å². The van der Waals surface area contributed by atoms with Crippen LogP contribution in [0.5, 0.6) is 0 Å². The van der Waals surface area contributed by atoms with Gasteiger partial charge in [-0.2, -0.15) is 0 Å². The summed E-state index contributed by atoms with van der Waals surface area (Å²) in [6.07, 6.45) is 0. The van der Waals surface area contributed by atoms with Gasteiger partial charge in [-0.05, 0) is 84.9 Å². The molecule has 0 radical (unpaired) electrons. The van der Waals surface area contributed by atoms with E-state index in [0.29, 0.717) is 0 Å². The van der Waals surface area contributed by atoms with Crippen LogP contribution in [-0.2, 0) is 0 Å². The van der Waals surface area contributed by atoms with Crippen LogP contribution < -0.4 is 0 Å². The van der Waals surface area contributed by atoms with E-state index in [0.717, 1.165) is 11.2 Å². The highest BCUT2D eigenvalue weighted by molar-refractivity contribution is 7.25. The third-order valence-corrected chi connectivity index (χ3v) is 10.2. The van der Waals surface area contributed by atoms with Gasteiger partial charge in [-0.25, -0.2) is 0 Å². The summed E-state index contributed by atoms with van der Waals surface area (Å²) in [5.41, 5.74) is 6.96. The Hall–Kier alpha value is -5.18. The number of benzene rings is 8. The van der Waals surface area contributed by atoms with Crippen LogP contribution in [-0.4, -0.2) is 0 Å². The number of hydrogen-bond donors (Lipinski definition) is 0. The van der Waals surface area contributed by atoms with Gasteiger partial charge in [0.1, 0.15) is 11.2 Å². The lowest BCUT2D eigenvalue weighted by Crippen LogP contribution is -1.89. The molecule has 8 aromatic carbocycles. The molecule has 42 heavy (non-hydrogen) atoms. The molecule has 1 nitrogen and oxygen atoms in total. The fourth-order valence-electron chi connectivity index (χ4n) is 7.09. The standard InChI is InChI=1S/C40H22OS/c1-2-6-23(7-3-1)27-15-10-24-13-18-31-28(16-11-25-12-17-30(27)39(24)40(25)31)26-14-19-37-33(20-26)34-21-32-29-8-4-5-9-35(29)41-36(32)22-38(34)42-37/h1-22H. The molecule has 0 aliphatic carbocycles. The van der Waals surface area contributed by atoms with E-state index in [1.807, 2.05) is 17.4 Å². The van der Waals surface area contributed by atoms with Crippen LogP contribution in [0.3, 0.4) is 0 Å². The van der Waals surface area contributed by atoms with E-state index in [2.05, 4.69) is 127 Å². The van der Waals surface area contributed by atoms with E-state index < -0.39 is 0 Å². The smallest absolute Gasteiger partial charge is 0.136 e. The normalized spacial score (nSPS) is 12.3. The van der Waals surface area contributed by atoms with Gasteiger partial charge in [0.2, 0.25) is 0 Å². The van der Waals surface area contributed by atoms with Crippen molar-refractivity contribution in [3.63, 3.8) is 0 Å². The number of furan rings is 1. The molecule has 0 saturated carbocycles. The first kappa shape index (κ1) is 22.5. The van der Waals surface area contributed by atoms with Gasteiger partial charge in [0.25, 0.3) is 0 Å². The second-order valence-electron chi connectivity index (χ2n) is 11.3. The highest BCUT2D eigenvalue weighted by Crippen LogP contribution is 2.44. The highest BCUT2D eigenvalue weighted by Gasteiger charge is 2.16. The summed E-state index contributed by atoms with van der Waals surface area (Å²) in [6, 6.07) is 48.9. The van der Waals surface area contributed by atoms with Crippen molar-refractivity contribution in [3.8, 4) is 22.3 Å². The molecule has 194 valence electrons. The molecule has 0 spiro atoms. The van der Waals surface area contributed by atoms with Gasteiger partial charge in [-0.1, -0.05) is 103 Å². The largest absolute Gasteiger partial charge is 0.456 e. The molecule has 10 aromatic rings. The molecule has 2 heterocycles. The fraction of sp³-hybridized carbons (Fsp3) is 0. The zero-order valence-corrected chi connectivity index (χ0v) is 23.3. The second kappa shape index (κ2) is 8.19. The number of rotatable bonds is 2. The summed E-state index contributed by atoms with van der Waals surface area (Å²) >= 11 is 1.84. The molecular weight excluding hydrogens is 529 g/mol. The van der Waals surface area contributed by atoms with E-state index >= 15 is 0 Å². The minimum Gasteiger partial charge on any atom is -0.456 e. The Morgan fingerprint density at radius 2 is 1.05 bits per heavy atom. The minimum absolute atomic E-state index is 0.944. The second-order valence-corrected chi connectivity index (χ2v) is 12.4. The predicted octanol–water partition coefficient (Wildman–Crippen LogP) is 12.2. The Bertz CT molecular complexity index is 2670. The maximum Gasteiger partial charge on any atom is 0.136 e. The molecular formula is C40H22OS. The third-order valence-electron chi connectivity index (χ3n) is 9.03. The van der Waals surface area contributed by atoms with Gasteiger partial charge in [0.05, 0.1) is 0 Å². The molecule has 0 N–H and O–H groups in total. The third kappa shape index (κ3) is 3.02. The first-order valence-electron chi connectivity index (χ1n) is 14.3. The summed E-state index contributed by atoms with van der Waals surface area (Å²) < 4.78 is 8.76. The first-order chi connectivity index (χ1) is 20.8. The number of thiophene rings is 1. The first-order valence-corrected chi connectivity index (χ1v) is 15.2. The van der Waals surface area contributed by atoms with Crippen LogP contribution in [0.4, 0.5) is 0 Å². The van der Waals surface area contributed by atoms with Crippen LogP contribution >= 0.6 is 11.3 Å². The maximum absolute atomic E-state index is 6.20. The number of hydrogen-bond acceptors (Lipinski definition) is 2. The van der Waals surface area contributed by atoms with Gasteiger partial charge in [0.15, 0.2) is 0 Å². The van der Waals surface area contributed by atoms with Crippen LogP contribution in [0.25, 0.3) is 96.7 Å². The number of para-hydroxylation sites is 1. The molecule has 2 heteroatoms. The molecule has 2 aromatic heterocycles. The highest BCUT2D eigenvalue weighted by atomic mass is 32.1. The summed E-state index contributed by atoms with van der Waals surface area (Å²) in [5.74, 6) is 0. The zero-order chi connectivity index (χ0) is 27.4. The summed E-state index contributed by atoms with van der Waals surface area (Å²) in [4.78, 5) is 0. The molecule has 0 aliphatic heterocycles. The van der Waals surface area contributed by atoms with Crippen molar-refractivity contribution in [2.45, 2.75) is 0 Å². The van der Waals surface area contributed by atoms with Crippen molar-refractivity contribution < 1.29 is 4.42 Å². The average molecular weight is 551 g/mol. The lowest BCUT2D eigenvalue weighted by Gasteiger charge is -2.16. The Morgan fingerprint density at radius 3 is 1.83 bits per heavy atom. The van der Waals surface area contributed by atoms with Gasteiger partial charge >= 0.3 is 0 Å². The maximum atomic E-state index is 6.20. The predicted molar refractivity (Wildman–Crippen MR) is 181 cm³/mol. The molecule has 0 saturated heterocycles. The Kier molecular flexibility index (Phi) is 4.39. The van der Waals surface area contributed by atoms with Crippen molar-refractivity contribution >= 4 is 85.8 Å². The summed E-state index contributed by atoms with van der Waals surface area (Å²) in [7, 11) is 0. The van der Waals surface area contributed by atoms with E-state index in [1.54, 1.807) is 0 Å². The van der Waals surface area contributed by atoms with E-state index in [9.17, 15) is 0 Å². The lowest BCUT2D eigenvalue weighted by atomic mass is 9.87. The van der Waals surface area contributed by atoms with E-state index in [1.165, 1.54) is 85.5 Å². The van der Waals surface area contributed by atoms with Crippen molar-refractivity contribution in [2.24, 2.45) is 0 Å². The molecule has 0 amide bonds. The number of fused-ring (bicyclic) bond motifs is 6. The Labute approximate surface area is 245 Å². The van der Waals surface area contributed by atoms with Crippen molar-refractivity contribution in [1.29, 1.82) is 0 Å². The van der Waals surface area contributed by atoms with Crippen LogP contribution in [0.15, 0.2) is 138 Å². The summed E-state index contributed by atoms with van der Waals surface area (Å²) in [5, 5.41) is 12.8. The SMILES string of the molecule is c1ccc(-c2ccc3ccc4c(-c5ccc6sc7cc8oc9ccccc9c8cc7c6c5)ccc5ccc2c3c54)cc1. The van der Waals surface area contributed by atoms with Crippen molar-refractivity contribution in [2.75, 3.05) is 0 Å². The van der Waals surface area contributed by atoms with Gasteiger partial charge < -0.3 is 4.42 Å². The molecule has 0 aliphatic rings. The Morgan fingerprint density at radius 1 is 0.381 bits per heavy atom. The van der Waals surface area contributed by atoms with Gasteiger partial charge in [-0.3, -0.25) is 0 Å². The summed E-state index contributed by atoms with van der Waals surface area (Å²) in [6.45, 7) is 0. The van der Waals surface area contributed by atoms with Crippen LogP contribution in [0.2, 0.25) is 0 Å². The molecule has 0 bridgehead atoms. The lowest BCUT2D eigenvalue weighted by molar-refractivity contribution is 0.669. The van der Waals surface area contributed by atoms with Gasteiger partial charge in [0, 0.05) is 30.9 Å². The average Bonchev–Trinajstić information content (AvgIpc) is 3.59. The Balaban J connectivity index is 1.23. The van der Waals surface area contributed by atoms with Crippen LogP contribution in [0, 0.1) is 0 Å². The van der Waals surface area contributed by atoms with Crippen molar-refractivity contribution in [1.82, 2.24) is 0 Å². The van der Waals surface area contributed by atoms with E-state index in [4.69, 9.17) is 4.42 Å². The fourth-order valence-corrected chi connectivity index (χ4v) is 8.18. The van der Waals surface area contributed by atoms with Gasteiger partial charge in [-0.15, -0.1) is 11.3 Å². The molecule has 0 fully saturated rings. The molecule has 0 unspecified atom stereocenters. The quantitative estimate of drug-likeness (QED) is 0.195. The monoisotopic (exact) mass is 550 g/mol. The van der Waals surface area contributed by atoms with E-state index in [-0.39, 0.29) is 0 Å².